The van der Waals surface area contributed by atoms with Gasteiger partial charge in [0.05, 0.1) is 0 Å². The fraction of sp³-hybridized carbons (Fsp3) is 0.250. The maximum atomic E-state index is 10.2. The van der Waals surface area contributed by atoms with Crippen molar-refractivity contribution in [3.8, 4) is 5.75 Å². The highest BCUT2D eigenvalue weighted by molar-refractivity contribution is 7.74. The molecule has 1 rings (SSSR count). The van der Waals surface area contributed by atoms with Gasteiger partial charge in [-0.25, -0.2) is 4.21 Å². The van der Waals surface area contributed by atoms with Crippen molar-refractivity contribution in [1.82, 2.24) is 0 Å². The quantitative estimate of drug-likeness (QED) is 0.732. The summed E-state index contributed by atoms with van der Waals surface area (Å²) in [7, 11) is 0. The lowest BCUT2D eigenvalue weighted by atomic mass is 10.2. The van der Waals surface area contributed by atoms with E-state index in [0.717, 1.165) is 12.0 Å². The van der Waals surface area contributed by atoms with E-state index < -0.39 is 11.4 Å². The van der Waals surface area contributed by atoms with Crippen molar-refractivity contribution in [2.24, 2.45) is 0 Å². The van der Waals surface area contributed by atoms with Crippen molar-refractivity contribution >= 4 is 23.0 Å². The van der Waals surface area contributed by atoms with Crippen LogP contribution in [0.4, 0.5) is 0 Å². The number of rotatable bonds is 3. The maximum Gasteiger partial charge on any atom is 0.139 e. The SMILES string of the molecule is CCc1cc(OS(=O)[O-])ccc1Cl. The number of hydrogen-bond acceptors (Lipinski definition) is 3. The van der Waals surface area contributed by atoms with Gasteiger partial charge >= 0.3 is 0 Å². The molecule has 0 N–H and O–H groups in total. The van der Waals surface area contributed by atoms with Gasteiger partial charge in [-0.15, -0.1) is 0 Å². The molecule has 0 fully saturated rings. The van der Waals surface area contributed by atoms with Crippen molar-refractivity contribution in [2.75, 3.05) is 0 Å². The molecule has 1 aromatic rings. The average Bonchev–Trinajstić information content (AvgIpc) is 2.07. The smallest absolute Gasteiger partial charge is 0.139 e. The van der Waals surface area contributed by atoms with E-state index in [-0.39, 0.29) is 5.75 Å². The molecule has 0 heterocycles. The van der Waals surface area contributed by atoms with Crippen molar-refractivity contribution in [3.63, 3.8) is 0 Å². The molecule has 3 nitrogen and oxygen atoms in total. The number of halogens is 1. The molecule has 0 aliphatic carbocycles. The van der Waals surface area contributed by atoms with Crippen LogP contribution in [-0.4, -0.2) is 8.76 Å². The Morgan fingerprint density at radius 2 is 2.31 bits per heavy atom. The Kier molecular flexibility index (Phi) is 3.71. The van der Waals surface area contributed by atoms with E-state index in [0.29, 0.717) is 5.02 Å². The molecule has 0 aromatic heterocycles. The molecule has 0 saturated carbocycles. The molecule has 0 aliphatic rings. The van der Waals surface area contributed by atoms with Crippen LogP contribution in [0.3, 0.4) is 0 Å². The van der Waals surface area contributed by atoms with Gasteiger partial charge in [-0.1, -0.05) is 18.5 Å². The largest absolute Gasteiger partial charge is 0.740 e. The van der Waals surface area contributed by atoms with E-state index in [9.17, 15) is 8.76 Å². The lowest BCUT2D eigenvalue weighted by Crippen LogP contribution is -1.98. The van der Waals surface area contributed by atoms with E-state index in [2.05, 4.69) is 4.18 Å². The standard InChI is InChI=1S/C8H9ClO3S/c1-2-6-5-7(12-13(10)11)3-4-8(6)9/h3-5H,2H2,1H3,(H,10,11)/p-1. The first-order valence-electron chi connectivity index (χ1n) is 3.69. The van der Waals surface area contributed by atoms with E-state index in [1.165, 1.54) is 6.07 Å². The fourth-order valence-electron chi connectivity index (χ4n) is 0.952. The Balaban J connectivity index is 2.92. The third kappa shape index (κ3) is 2.99. The van der Waals surface area contributed by atoms with Crippen LogP contribution in [0.2, 0.25) is 5.02 Å². The summed E-state index contributed by atoms with van der Waals surface area (Å²) in [6.45, 7) is 1.93. The van der Waals surface area contributed by atoms with Crippen molar-refractivity contribution in [1.29, 1.82) is 0 Å². The van der Waals surface area contributed by atoms with E-state index in [1.54, 1.807) is 12.1 Å². The summed E-state index contributed by atoms with van der Waals surface area (Å²) < 4.78 is 24.9. The third-order valence-electron chi connectivity index (χ3n) is 1.56. The zero-order valence-electron chi connectivity index (χ0n) is 6.95. The lowest BCUT2D eigenvalue weighted by molar-refractivity contribution is 0.440. The molecule has 0 spiro atoms. The summed E-state index contributed by atoms with van der Waals surface area (Å²) in [5, 5.41) is 0.617. The highest BCUT2D eigenvalue weighted by Gasteiger charge is 2.00. The Labute approximate surface area is 84.2 Å². The minimum atomic E-state index is -2.53. The van der Waals surface area contributed by atoms with Gasteiger partial charge in [0, 0.05) is 5.02 Å². The second-order valence-corrected chi connectivity index (χ2v) is 3.38. The van der Waals surface area contributed by atoms with E-state index >= 15 is 0 Å². The van der Waals surface area contributed by atoms with Gasteiger partial charge in [-0.3, -0.25) is 0 Å². The zero-order chi connectivity index (χ0) is 9.84. The normalized spacial score (nSPS) is 12.5. The van der Waals surface area contributed by atoms with Gasteiger partial charge in [0.15, 0.2) is 0 Å². The number of benzene rings is 1. The van der Waals surface area contributed by atoms with Gasteiger partial charge in [0.1, 0.15) is 17.1 Å². The first-order valence-corrected chi connectivity index (χ1v) is 5.07. The van der Waals surface area contributed by atoms with Gasteiger partial charge in [0.2, 0.25) is 0 Å². The molecule has 1 atom stereocenters. The molecule has 5 heteroatoms. The molecular formula is C8H8ClO3S-. The molecule has 0 amide bonds. The van der Waals surface area contributed by atoms with Crippen LogP contribution in [0.1, 0.15) is 12.5 Å². The summed E-state index contributed by atoms with van der Waals surface area (Å²) in [6.07, 6.45) is 0.738. The van der Waals surface area contributed by atoms with Crippen LogP contribution >= 0.6 is 11.6 Å². The molecule has 13 heavy (non-hydrogen) atoms. The fourth-order valence-corrected chi connectivity index (χ4v) is 1.46. The van der Waals surface area contributed by atoms with Gasteiger partial charge in [-0.2, -0.15) is 0 Å². The third-order valence-corrected chi connectivity index (χ3v) is 2.26. The Hall–Kier alpha value is -0.580. The molecule has 0 saturated heterocycles. The topological polar surface area (TPSA) is 49.4 Å². The molecule has 1 unspecified atom stereocenters. The van der Waals surface area contributed by atoms with Gasteiger partial charge in [-0.05, 0) is 30.2 Å². The van der Waals surface area contributed by atoms with Crippen LogP contribution < -0.4 is 4.18 Å². The van der Waals surface area contributed by atoms with E-state index in [1.807, 2.05) is 6.92 Å². The van der Waals surface area contributed by atoms with Crippen molar-refractivity contribution in [2.45, 2.75) is 13.3 Å². The van der Waals surface area contributed by atoms with Crippen molar-refractivity contribution < 1.29 is 12.9 Å². The molecular weight excluding hydrogens is 212 g/mol. The minimum absolute atomic E-state index is 0.287. The monoisotopic (exact) mass is 219 g/mol. The Bertz CT molecular complexity index is 327. The van der Waals surface area contributed by atoms with Gasteiger partial charge in [0.25, 0.3) is 0 Å². The molecule has 1 aromatic carbocycles. The Morgan fingerprint density at radius 1 is 1.62 bits per heavy atom. The summed E-state index contributed by atoms with van der Waals surface area (Å²) in [5.41, 5.74) is 0.865. The molecule has 72 valence electrons. The predicted octanol–water partition coefficient (Wildman–Crippen LogP) is 2.08. The predicted molar refractivity (Wildman–Crippen MR) is 50.4 cm³/mol. The van der Waals surface area contributed by atoms with Gasteiger partial charge < -0.3 is 8.74 Å². The average molecular weight is 220 g/mol. The zero-order valence-corrected chi connectivity index (χ0v) is 8.52. The summed E-state index contributed by atoms with van der Waals surface area (Å²) in [6, 6.07) is 4.73. The van der Waals surface area contributed by atoms with Crippen molar-refractivity contribution in [3.05, 3.63) is 28.8 Å². The van der Waals surface area contributed by atoms with Crippen LogP contribution in [0.5, 0.6) is 5.75 Å². The first-order chi connectivity index (χ1) is 6.13. The molecule has 0 radical (unpaired) electrons. The number of hydrogen-bond donors (Lipinski definition) is 0. The van der Waals surface area contributed by atoms with Crippen LogP contribution in [0, 0.1) is 0 Å². The summed E-state index contributed by atoms with van der Waals surface area (Å²) in [4.78, 5) is 0. The molecule has 0 aliphatic heterocycles. The maximum absolute atomic E-state index is 10.2. The Morgan fingerprint density at radius 3 is 2.85 bits per heavy atom. The highest BCUT2D eigenvalue weighted by Crippen LogP contribution is 2.22. The first kappa shape index (κ1) is 10.5. The highest BCUT2D eigenvalue weighted by atomic mass is 35.5. The second kappa shape index (κ2) is 4.60. The lowest BCUT2D eigenvalue weighted by Gasteiger charge is -2.08. The number of aryl methyl sites for hydroxylation is 1. The second-order valence-electron chi connectivity index (χ2n) is 2.39. The minimum Gasteiger partial charge on any atom is -0.740 e. The summed E-state index contributed by atoms with van der Waals surface area (Å²) in [5.74, 6) is 0.287. The van der Waals surface area contributed by atoms with Crippen LogP contribution in [0.25, 0.3) is 0 Å². The summed E-state index contributed by atoms with van der Waals surface area (Å²) >= 11 is 3.30. The van der Waals surface area contributed by atoms with Crippen LogP contribution in [-0.2, 0) is 17.8 Å². The molecule has 0 bridgehead atoms. The van der Waals surface area contributed by atoms with Crippen LogP contribution in [0.15, 0.2) is 18.2 Å². The van der Waals surface area contributed by atoms with E-state index in [4.69, 9.17) is 11.6 Å².